The summed E-state index contributed by atoms with van der Waals surface area (Å²) in [5, 5.41) is 17.3. The third kappa shape index (κ3) is 4.01. The van der Waals surface area contributed by atoms with E-state index < -0.39 is 0 Å². The van der Waals surface area contributed by atoms with Gasteiger partial charge in [-0.3, -0.25) is 4.79 Å². The molecule has 0 fully saturated rings. The second kappa shape index (κ2) is 7.59. The van der Waals surface area contributed by atoms with E-state index in [0.717, 1.165) is 10.6 Å². The lowest BCUT2D eigenvalue weighted by molar-refractivity contribution is -0.119. The van der Waals surface area contributed by atoms with Crippen molar-refractivity contribution in [2.24, 2.45) is 0 Å². The maximum absolute atomic E-state index is 12.1. The molecule has 0 aliphatic carbocycles. The Hall–Kier alpha value is -2.19. The van der Waals surface area contributed by atoms with Crippen LogP contribution in [0.15, 0.2) is 46.9 Å². The molecule has 0 saturated carbocycles. The van der Waals surface area contributed by atoms with E-state index in [1.54, 1.807) is 16.0 Å². The molecule has 124 valence electrons. The summed E-state index contributed by atoms with van der Waals surface area (Å²) in [6.07, 6.45) is 0. The Morgan fingerprint density at radius 2 is 2.12 bits per heavy atom. The van der Waals surface area contributed by atoms with E-state index in [2.05, 4.69) is 20.8 Å². The number of aromatic nitrogens is 4. The van der Waals surface area contributed by atoms with Crippen molar-refractivity contribution in [1.82, 2.24) is 25.5 Å². The van der Waals surface area contributed by atoms with Crippen LogP contribution < -0.4 is 5.32 Å². The molecule has 1 amide bonds. The summed E-state index contributed by atoms with van der Waals surface area (Å²) < 4.78 is 1.64. The molecule has 1 aromatic carbocycles. The maximum atomic E-state index is 12.1. The fourth-order valence-corrected chi connectivity index (χ4v) is 3.58. The van der Waals surface area contributed by atoms with Gasteiger partial charge in [-0.1, -0.05) is 35.5 Å². The van der Waals surface area contributed by atoms with Crippen LogP contribution in [0.4, 0.5) is 0 Å². The summed E-state index contributed by atoms with van der Waals surface area (Å²) in [5.41, 5.74) is 2.04. The molecule has 0 aliphatic rings. The minimum absolute atomic E-state index is 0.00573. The normalized spacial score (nSPS) is 12.1. The van der Waals surface area contributed by atoms with Crippen molar-refractivity contribution in [3.63, 3.8) is 0 Å². The molecule has 0 saturated heterocycles. The van der Waals surface area contributed by atoms with E-state index >= 15 is 0 Å². The first-order valence-electron chi connectivity index (χ1n) is 7.44. The highest BCUT2D eigenvalue weighted by molar-refractivity contribution is 7.99. The summed E-state index contributed by atoms with van der Waals surface area (Å²) in [5.74, 6) is 0.224. The third-order valence-electron chi connectivity index (χ3n) is 3.40. The second-order valence-corrected chi connectivity index (χ2v) is 7.22. The smallest absolute Gasteiger partial charge is 0.230 e. The van der Waals surface area contributed by atoms with Crippen LogP contribution in [0.5, 0.6) is 0 Å². The lowest BCUT2D eigenvalue weighted by Crippen LogP contribution is -2.27. The van der Waals surface area contributed by atoms with Crippen LogP contribution in [0.25, 0.3) is 5.69 Å². The first kappa shape index (κ1) is 16.7. The van der Waals surface area contributed by atoms with Crippen molar-refractivity contribution >= 4 is 29.0 Å². The van der Waals surface area contributed by atoms with Gasteiger partial charge in [0.25, 0.3) is 0 Å². The number of nitrogens with zero attached hydrogens (tertiary/aromatic N) is 4. The van der Waals surface area contributed by atoms with Gasteiger partial charge in [0, 0.05) is 4.88 Å². The number of tetrazole rings is 1. The largest absolute Gasteiger partial charge is 0.348 e. The average molecular weight is 359 g/mol. The molecular formula is C16H17N5OS2. The Labute approximate surface area is 148 Å². The fourth-order valence-electron chi connectivity index (χ4n) is 2.14. The standard InChI is InChI=1S/C16H17N5OS2/c1-11-5-7-13(8-6-11)21-16(18-19-20-21)24-10-15(22)17-12(2)14-4-3-9-23-14/h3-9,12H,10H2,1-2H3,(H,17,22). The lowest BCUT2D eigenvalue weighted by atomic mass is 10.2. The van der Waals surface area contributed by atoms with Gasteiger partial charge in [0.05, 0.1) is 17.5 Å². The second-order valence-electron chi connectivity index (χ2n) is 5.30. The molecule has 6 nitrogen and oxygen atoms in total. The zero-order chi connectivity index (χ0) is 16.9. The zero-order valence-corrected chi connectivity index (χ0v) is 15.0. The molecule has 8 heteroatoms. The van der Waals surface area contributed by atoms with Crippen molar-refractivity contribution in [2.45, 2.75) is 25.0 Å². The Morgan fingerprint density at radius 1 is 1.33 bits per heavy atom. The zero-order valence-electron chi connectivity index (χ0n) is 13.3. The number of thioether (sulfide) groups is 1. The van der Waals surface area contributed by atoms with E-state index in [4.69, 9.17) is 0 Å². The molecule has 0 bridgehead atoms. The van der Waals surface area contributed by atoms with Crippen LogP contribution in [0.3, 0.4) is 0 Å². The molecule has 2 heterocycles. The minimum atomic E-state index is -0.0423. The van der Waals surface area contributed by atoms with Crippen molar-refractivity contribution in [2.75, 3.05) is 5.75 Å². The fraction of sp³-hybridized carbons (Fsp3) is 0.250. The van der Waals surface area contributed by atoms with E-state index in [1.165, 1.54) is 17.3 Å². The average Bonchev–Trinajstić information content (AvgIpc) is 3.25. The number of thiophene rings is 1. The number of hydrogen-bond donors (Lipinski definition) is 1. The SMILES string of the molecule is Cc1ccc(-n2nnnc2SCC(=O)NC(C)c2cccs2)cc1. The van der Waals surface area contributed by atoms with Crippen LogP contribution in [-0.2, 0) is 4.79 Å². The molecule has 0 radical (unpaired) electrons. The number of carbonyl (C=O) groups excluding carboxylic acids is 1. The molecule has 0 spiro atoms. The monoisotopic (exact) mass is 359 g/mol. The molecule has 1 unspecified atom stereocenters. The highest BCUT2D eigenvalue weighted by Crippen LogP contribution is 2.20. The Morgan fingerprint density at radius 3 is 2.83 bits per heavy atom. The Balaban J connectivity index is 1.60. The Bertz CT molecular complexity index is 798. The van der Waals surface area contributed by atoms with Crippen molar-refractivity contribution in [3.05, 3.63) is 52.2 Å². The van der Waals surface area contributed by atoms with E-state index in [0.29, 0.717) is 5.16 Å². The van der Waals surface area contributed by atoms with Gasteiger partial charge in [0.2, 0.25) is 11.1 Å². The first-order valence-corrected chi connectivity index (χ1v) is 9.31. The van der Waals surface area contributed by atoms with Crippen LogP contribution in [0, 0.1) is 6.92 Å². The molecule has 3 aromatic rings. The number of hydrogen-bond acceptors (Lipinski definition) is 6. The topological polar surface area (TPSA) is 72.7 Å². The maximum Gasteiger partial charge on any atom is 0.230 e. The van der Waals surface area contributed by atoms with Crippen LogP contribution >= 0.6 is 23.1 Å². The van der Waals surface area contributed by atoms with E-state index in [9.17, 15) is 4.79 Å². The third-order valence-corrected chi connectivity index (χ3v) is 5.37. The van der Waals surface area contributed by atoms with Crippen LogP contribution in [0.1, 0.15) is 23.4 Å². The van der Waals surface area contributed by atoms with Crippen molar-refractivity contribution in [1.29, 1.82) is 0 Å². The molecule has 24 heavy (non-hydrogen) atoms. The van der Waals surface area contributed by atoms with Gasteiger partial charge in [-0.05, 0) is 47.9 Å². The summed E-state index contributed by atoms with van der Waals surface area (Å²) >= 11 is 2.95. The van der Waals surface area contributed by atoms with Gasteiger partial charge < -0.3 is 5.32 Å². The summed E-state index contributed by atoms with van der Waals surface area (Å²) in [6.45, 7) is 4.00. The van der Waals surface area contributed by atoms with Gasteiger partial charge in [0.1, 0.15) is 0 Å². The Kier molecular flexibility index (Phi) is 5.27. The predicted molar refractivity (Wildman–Crippen MR) is 95.5 cm³/mol. The minimum Gasteiger partial charge on any atom is -0.348 e. The quantitative estimate of drug-likeness (QED) is 0.685. The van der Waals surface area contributed by atoms with Crippen LogP contribution in [0.2, 0.25) is 0 Å². The lowest BCUT2D eigenvalue weighted by Gasteiger charge is -2.11. The molecule has 0 aliphatic heterocycles. The van der Waals surface area contributed by atoms with E-state index in [1.807, 2.05) is 55.6 Å². The van der Waals surface area contributed by atoms with Gasteiger partial charge >= 0.3 is 0 Å². The highest BCUT2D eigenvalue weighted by atomic mass is 32.2. The molecule has 1 N–H and O–H groups in total. The molecule has 2 aromatic heterocycles. The number of carbonyl (C=O) groups is 1. The van der Waals surface area contributed by atoms with E-state index in [-0.39, 0.29) is 17.7 Å². The summed E-state index contributed by atoms with van der Waals surface area (Å²) in [7, 11) is 0. The van der Waals surface area contributed by atoms with Crippen molar-refractivity contribution < 1.29 is 4.79 Å². The van der Waals surface area contributed by atoms with Gasteiger partial charge in [0.15, 0.2) is 0 Å². The number of nitrogens with one attached hydrogen (secondary N) is 1. The first-order chi connectivity index (χ1) is 11.6. The molecule has 3 rings (SSSR count). The number of amides is 1. The molecular weight excluding hydrogens is 342 g/mol. The molecule has 1 atom stereocenters. The predicted octanol–water partition coefficient (Wildman–Crippen LogP) is 3.00. The van der Waals surface area contributed by atoms with Crippen molar-refractivity contribution in [3.8, 4) is 5.69 Å². The van der Waals surface area contributed by atoms with Gasteiger partial charge in [-0.15, -0.1) is 16.4 Å². The number of benzene rings is 1. The van der Waals surface area contributed by atoms with Gasteiger partial charge in [-0.2, -0.15) is 4.68 Å². The van der Waals surface area contributed by atoms with Crippen LogP contribution in [-0.4, -0.2) is 31.9 Å². The summed E-state index contributed by atoms with van der Waals surface area (Å²) in [4.78, 5) is 13.3. The highest BCUT2D eigenvalue weighted by Gasteiger charge is 2.14. The number of aryl methyl sites for hydroxylation is 1. The number of rotatable bonds is 6. The summed E-state index contributed by atoms with van der Waals surface area (Å²) in [6, 6.07) is 11.9. The van der Waals surface area contributed by atoms with Gasteiger partial charge in [-0.25, -0.2) is 0 Å².